The van der Waals surface area contributed by atoms with E-state index in [2.05, 4.69) is 10.3 Å². The van der Waals surface area contributed by atoms with Gasteiger partial charge < -0.3 is 14.8 Å². The molecule has 1 atom stereocenters. The molecule has 0 radical (unpaired) electrons. The van der Waals surface area contributed by atoms with Gasteiger partial charge in [-0.15, -0.1) is 0 Å². The molecule has 1 saturated heterocycles. The molecule has 134 valence electrons. The SMILES string of the molecule is NS(=O)(=O)C[C@H]1CCN(C(=O)NCc2ccccc2-n2ccnc2)C1. The van der Waals surface area contributed by atoms with Crippen LogP contribution in [0.5, 0.6) is 0 Å². The van der Waals surface area contributed by atoms with E-state index in [1.54, 1.807) is 17.4 Å². The minimum atomic E-state index is -3.51. The summed E-state index contributed by atoms with van der Waals surface area (Å²) in [6, 6.07) is 7.56. The van der Waals surface area contributed by atoms with Crippen LogP contribution in [0.3, 0.4) is 0 Å². The topological polar surface area (TPSA) is 110 Å². The molecule has 2 aromatic rings. The number of aromatic nitrogens is 2. The first kappa shape index (κ1) is 17.4. The third-order valence-corrected chi connectivity index (χ3v) is 5.18. The van der Waals surface area contributed by atoms with Crippen LogP contribution in [-0.2, 0) is 16.6 Å². The summed E-state index contributed by atoms with van der Waals surface area (Å²) in [6.45, 7) is 1.32. The highest BCUT2D eigenvalue weighted by Crippen LogP contribution is 2.18. The van der Waals surface area contributed by atoms with E-state index in [0.717, 1.165) is 11.3 Å². The Kier molecular flexibility index (Phi) is 5.05. The number of carbonyl (C=O) groups excluding carboxylic acids is 1. The second kappa shape index (κ2) is 7.24. The predicted octanol–water partition coefficient (Wildman–Crippen LogP) is 0.692. The number of nitrogens with one attached hydrogen (secondary N) is 1. The van der Waals surface area contributed by atoms with Gasteiger partial charge >= 0.3 is 6.03 Å². The third kappa shape index (κ3) is 4.58. The van der Waals surface area contributed by atoms with E-state index in [1.165, 1.54) is 0 Å². The number of nitrogens with two attached hydrogens (primary N) is 1. The Morgan fingerprint density at radius 1 is 1.36 bits per heavy atom. The Hall–Kier alpha value is -2.39. The molecule has 0 saturated carbocycles. The fourth-order valence-electron chi connectivity index (χ4n) is 3.08. The lowest BCUT2D eigenvalue weighted by atomic mass is 10.1. The first-order valence-electron chi connectivity index (χ1n) is 8.02. The molecule has 0 unspecified atom stereocenters. The number of para-hydroxylation sites is 1. The number of amides is 2. The average Bonchev–Trinajstić information content (AvgIpc) is 3.23. The van der Waals surface area contributed by atoms with Crippen LogP contribution >= 0.6 is 0 Å². The zero-order valence-electron chi connectivity index (χ0n) is 13.7. The molecule has 3 N–H and O–H groups in total. The smallest absolute Gasteiger partial charge is 0.317 e. The van der Waals surface area contributed by atoms with Crippen molar-refractivity contribution >= 4 is 16.1 Å². The van der Waals surface area contributed by atoms with Crippen LogP contribution < -0.4 is 10.5 Å². The van der Waals surface area contributed by atoms with Gasteiger partial charge in [0.05, 0.1) is 17.8 Å². The predicted molar refractivity (Wildman–Crippen MR) is 93.5 cm³/mol. The molecule has 3 rings (SSSR count). The van der Waals surface area contributed by atoms with E-state index in [0.29, 0.717) is 26.1 Å². The lowest BCUT2D eigenvalue weighted by Gasteiger charge is -2.18. The highest BCUT2D eigenvalue weighted by Gasteiger charge is 2.28. The van der Waals surface area contributed by atoms with E-state index in [9.17, 15) is 13.2 Å². The Labute approximate surface area is 146 Å². The van der Waals surface area contributed by atoms with Gasteiger partial charge in [0.15, 0.2) is 0 Å². The molecule has 8 nitrogen and oxygen atoms in total. The fraction of sp³-hybridized carbons (Fsp3) is 0.375. The van der Waals surface area contributed by atoms with Gasteiger partial charge in [0.2, 0.25) is 10.0 Å². The molecule has 1 aromatic heterocycles. The van der Waals surface area contributed by atoms with E-state index in [1.807, 2.05) is 35.0 Å². The molecular formula is C16H21N5O3S. The van der Waals surface area contributed by atoms with E-state index >= 15 is 0 Å². The molecule has 1 fully saturated rings. The largest absolute Gasteiger partial charge is 0.334 e. The number of imidazole rings is 1. The van der Waals surface area contributed by atoms with Crippen LogP contribution in [0.15, 0.2) is 43.0 Å². The summed E-state index contributed by atoms with van der Waals surface area (Å²) in [7, 11) is -3.51. The normalized spacial score (nSPS) is 17.6. The maximum Gasteiger partial charge on any atom is 0.317 e. The standard InChI is InChI=1S/C16H21N5O3S/c17-25(23,24)11-13-5-7-20(10-13)16(22)19-9-14-3-1-2-4-15(14)21-8-6-18-12-21/h1-4,6,8,12-13H,5,7,9-11H2,(H,19,22)(H2,17,23,24)/t13-/m0/s1. The summed E-state index contributed by atoms with van der Waals surface area (Å²) in [5, 5.41) is 7.98. The second-order valence-electron chi connectivity index (χ2n) is 6.19. The van der Waals surface area contributed by atoms with Gasteiger partial charge in [-0.2, -0.15) is 0 Å². The molecule has 0 bridgehead atoms. The zero-order valence-corrected chi connectivity index (χ0v) is 14.5. The molecule has 2 heterocycles. The molecule has 1 aliphatic rings. The molecule has 9 heteroatoms. The van der Waals surface area contributed by atoms with Crippen LogP contribution in [0.25, 0.3) is 5.69 Å². The number of sulfonamides is 1. The molecular weight excluding hydrogens is 342 g/mol. The zero-order chi connectivity index (χ0) is 17.9. The van der Waals surface area contributed by atoms with Gasteiger partial charge in [-0.1, -0.05) is 18.2 Å². The summed E-state index contributed by atoms with van der Waals surface area (Å²) in [5.74, 6) is -0.181. The van der Waals surface area contributed by atoms with Gasteiger partial charge in [-0.3, -0.25) is 0 Å². The van der Waals surface area contributed by atoms with Gasteiger partial charge in [-0.05, 0) is 24.0 Å². The highest BCUT2D eigenvalue weighted by molar-refractivity contribution is 7.89. The van der Waals surface area contributed by atoms with Gasteiger partial charge in [0.25, 0.3) is 0 Å². The Morgan fingerprint density at radius 3 is 2.88 bits per heavy atom. The summed E-state index contributed by atoms with van der Waals surface area (Å²) < 4.78 is 24.2. The van der Waals surface area contributed by atoms with Crippen molar-refractivity contribution < 1.29 is 13.2 Å². The average molecular weight is 363 g/mol. The summed E-state index contributed by atoms with van der Waals surface area (Å²) in [6.07, 6.45) is 5.90. The number of primary sulfonamides is 1. The number of hydrogen-bond acceptors (Lipinski definition) is 4. The first-order chi connectivity index (χ1) is 11.9. The van der Waals surface area contributed by atoms with Crippen molar-refractivity contribution in [2.24, 2.45) is 11.1 Å². The lowest BCUT2D eigenvalue weighted by Crippen LogP contribution is -2.38. The molecule has 2 amide bonds. The monoisotopic (exact) mass is 363 g/mol. The van der Waals surface area contributed by atoms with Crippen molar-refractivity contribution in [1.29, 1.82) is 0 Å². The minimum Gasteiger partial charge on any atom is -0.334 e. The van der Waals surface area contributed by atoms with Crippen molar-refractivity contribution in [3.05, 3.63) is 48.5 Å². The van der Waals surface area contributed by atoms with Crippen molar-refractivity contribution in [1.82, 2.24) is 19.8 Å². The summed E-state index contributed by atoms with van der Waals surface area (Å²) in [5.41, 5.74) is 1.92. The highest BCUT2D eigenvalue weighted by atomic mass is 32.2. The Balaban J connectivity index is 1.59. The maximum absolute atomic E-state index is 12.3. The Bertz CT molecular complexity index is 835. The second-order valence-corrected chi connectivity index (χ2v) is 7.85. The van der Waals surface area contributed by atoms with E-state index < -0.39 is 10.0 Å². The number of benzene rings is 1. The minimum absolute atomic E-state index is 0.0831. The molecule has 1 aliphatic heterocycles. The van der Waals surface area contributed by atoms with Crippen LogP contribution in [-0.4, -0.2) is 47.7 Å². The third-order valence-electron chi connectivity index (χ3n) is 4.25. The number of rotatable bonds is 5. The molecule has 1 aromatic carbocycles. The van der Waals surface area contributed by atoms with Crippen molar-refractivity contribution in [2.45, 2.75) is 13.0 Å². The van der Waals surface area contributed by atoms with Crippen molar-refractivity contribution in [2.75, 3.05) is 18.8 Å². The quantitative estimate of drug-likeness (QED) is 0.814. The van der Waals surface area contributed by atoms with Crippen molar-refractivity contribution in [3.63, 3.8) is 0 Å². The van der Waals surface area contributed by atoms with E-state index in [4.69, 9.17) is 5.14 Å². The fourth-order valence-corrected chi connectivity index (χ4v) is 4.01. The number of likely N-dealkylation sites (tertiary alicyclic amines) is 1. The number of carbonyl (C=O) groups is 1. The van der Waals surface area contributed by atoms with Crippen LogP contribution in [0, 0.1) is 5.92 Å². The molecule has 0 spiro atoms. The van der Waals surface area contributed by atoms with Gasteiger partial charge in [-0.25, -0.2) is 23.3 Å². The first-order valence-corrected chi connectivity index (χ1v) is 9.73. The maximum atomic E-state index is 12.3. The number of nitrogens with zero attached hydrogens (tertiary/aromatic N) is 3. The molecule has 0 aliphatic carbocycles. The number of urea groups is 1. The summed E-state index contributed by atoms with van der Waals surface area (Å²) >= 11 is 0. The van der Waals surface area contributed by atoms with Gasteiger partial charge in [0.1, 0.15) is 0 Å². The van der Waals surface area contributed by atoms with Crippen LogP contribution in [0.2, 0.25) is 0 Å². The van der Waals surface area contributed by atoms with Gasteiger partial charge in [0, 0.05) is 32.0 Å². The van der Waals surface area contributed by atoms with Crippen LogP contribution in [0.1, 0.15) is 12.0 Å². The van der Waals surface area contributed by atoms with Crippen LogP contribution in [0.4, 0.5) is 4.79 Å². The Morgan fingerprint density at radius 2 is 2.16 bits per heavy atom. The summed E-state index contributed by atoms with van der Waals surface area (Å²) in [4.78, 5) is 18.0. The number of hydrogen-bond donors (Lipinski definition) is 2. The van der Waals surface area contributed by atoms with Crippen molar-refractivity contribution in [3.8, 4) is 5.69 Å². The van der Waals surface area contributed by atoms with E-state index in [-0.39, 0.29) is 17.7 Å². The molecule has 25 heavy (non-hydrogen) atoms. The lowest BCUT2D eigenvalue weighted by molar-refractivity contribution is 0.207.